The Kier molecular flexibility index (Phi) is 4.13. The third-order valence-electron chi connectivity index (χ3n) is 3.96. The first-order valence-electron chi connectivity index (χ1n) is 6.85. The van der Waals surface area contributed by atoms with Crippen molar-refractivity contribution >= 4 is 12.3 Å². The standard InChI is InChI=1S/C14H22N4O2/c1-10-12(16-9-19)6-11(7-15-10)17-13(20)8-18-5-4-14(18,2)3/h6-7,9-10,15H,4-5,8H2,1-3H3,(H,16,19)(H,17,20). The summed E-state index contributed by atoms with van der Waals surface area (Å²) in [7, 11) is 0. The lowest BCUT2D eigenvalue weighted by atomic mass is 9.89. The Bertz CT molecular complexity index is 468. The third-order valence-corrected chi connectivity index (χ3v) is 3.96. The minimum Gasteiger partial charge on any atom is -0.381 e. The minimum absolute atomic E-state index is 0.0233. The van der Waals surface area contributed by atoms with Crippen LogP contribution in [0.2, 0.25) is 0 Å². The van der Waals surface area contributed by atoms with Crippen molar-refractivity contribution in [1.29, 1.82) is 0 Å². The van der Waals surface area contributed by atoms with Gasteiger partial charge in [-0.15, -0.1) is 0 Å². The van der Waals surface area contributed by atoms with Crippen molar-refractivity contribution in [3.63, 3.8) is 0 Å². The summed E-state index contributed by atoms with van der Waals surface area (Å²) in [6, 6.07) is 0.0233. The van der Waals surface area contributed by atoms with Crippen LogP contribution in [0.25, 0.3) is 0 Å². The lowest BCUT2D eigenvalue weighted by molar-refractivity contribution is -0.125. The molecule has 0 aromatic rings. The number of amides is 2. The topological polar surface area (TPSA) is 73.5 Å². The van der Waals surface area contributed by atoms with E-state index in [-0.39, 0.29) is 17.5 Å². The maximum atomic E-state index is 12.0. The van der Waals surface area contributed by atoms with Crippen molar-refractivity contribution < 1.29 is 9.59 Å². The van der Waals surface area contributed by atoms with Gasteiger partial charge in [0.1, 0.15) is 0 Å². The highest BCUT2D eigenvalue weighted by Crippen LogP contribution is 2.28. The molecular weight excluding hydrogens is 256 g/mol. The lowest BCUT2D eigenvalue weighted by Gasteiger charge is -2.48. The molecule has 1 saturated heterocycles. The van der Waals surface area contributed by atoms with E-state index in [4.69, 9.17) is 0 Å². The number of nitrogens with zero attached hydrogens (tertiary/aromatic N) is 1. The van der Waals surface area contributed by atoms with E-state index in [9.17, 15) is 9.59 Å². The normalized spacial score (nSPS) is 24.6. The number of likely N-dealkylation sites (tertiary alicyclic amines) is 1. The predicted molar refractivity (Wildman–Crippen MR) is 76.4 cm³/mol. The van der Waals surface area contributed by atoms with Gasteiger partial charge in [-0.05, 0) is 33.3 Å². The third kappa shape index (κ3) is 3.19. The van der Waals surface area contributed by atoms with Crippen molar-refractivity contribution in [2.24, 2.45) is 0 Å². The molecule has 6 nitrogen and oxygen atoms in total. The summed E-state index contributed by atoms with van der Waals surface area (Å²) in [5.41, 5.74) is 1.52. The molecule has 0 saturated carbocycles. The lowest BCUT2D eigenvalue weighted by Crippen LogP contribution is -2.58. The van der Waals surface area contributed by atoms with Crippen LogP contribution >= 0.6 is 0 Å². The summed E-state index contributed by atoms with van der Waals surface area (Å²) in [5, 5.41) is 8.57. The molecule has 0 spiro atoms. The molecule has 2 heterocycles. The average Bonchev–Trinajstić information content (AvgIpc) is 2.39. The molecule has 0 aliphatic carbocycles. The molecule has 2 aliphatic heterocycles. The van der Waals surface area contributed by atoms with E-state index in [2.05, 4.69) is 34.7 Å². The Hall–Kier alpha value is -1.82. The van der Waals surface area contributed by atoms with E-state index < -0.39 is 0 Å². The van der Waals surface area contributed by atoms with E-state index in [1.54, 1.807) is 12.3 Å². The molecule has 0 aromatic carbocycles. The van der Waals surface area contributed by atoms with Gasteiger partial charge in [-0.3, -0.25) is 14.5 Å². The fraction of sp³-hybridized carbons (Fsp3) is 0.571. The van der Waals surface area contributed by atoms with Gasteiger partial charge in [0.25, 0.3) is 0 Å². The summed E-state index contributed by atoms with van der Waals surface area (Å²) < 4.78 is 0. The average molecular weight is 278 g/mol. The highest BCUT2D eigenvalue weighted by Gasteiger charge is 2.36. The van der Waals surface area contributed by atoms with Crippen LogP contribution in [0.15, 0.2) is 23.7 Å². The Morgan fingerprint density at radius 1 is 1.60 bits per heavy atom. The molecule has 0 bridgehead atoms. The number of rotatable bonds is 5. The van der Waals surface area contributed by atoms with Crippen LogP contribution in [0, 0.1) is 0 Å². The van der Waals surface area contributed by atoms with Crippen LogP contribution in [0.3, 0.4) is 0 Å². The highest BCUT2D eigenvalue weighted by atomic mass is 16.2. The van der Waals surface area contributed by atoms with Gasteiger partial charge in [0.2, 0.25) is 12.3 Å². The minimum atomic E-state index is -0.0397. The zero-order valence-electron chi connectivity index (χ0n) is 12.2. The molecule has 0 aromatic heterocycles. The van der Waals surface area contributed by atoms with Gasteiger partial charge in [-0.25, -0.2) is 0 Å². The summed E-state index contributed by atoms with van der Waals surface area (Å²) in [6.07, 6.45) is 5.28. The van der Waals surface area contributed by atoms with Gasteiger partial charge >= 0.3 is 0 Å². The number of allylic oxidation sites excluding steroid dienone is 1. The first-order chi connectivity index (χ1) is 9.42. The molecule has 3 N–H and O–H groups in total. The molecule has 1 unspecified atom stereocenters. The monoisotopic (exact) mass is 278 g/mol. The van der Waals surface area contributed by atoms with E-state index in [0.29, 0.717) is 18.7 Å². The SMILES string of the molecule is CC1NC=C(NC(=O)CN2CCC2(C)C)C=C1NC=O. The zero-order valence-corrected chi connectivity index (χ0v) is 12.2. The maximum absolute atomic E-state index is 12.0. The number of hydrogen-bond donors (Lipinski definition) is 3. The van der Waals surface area contributed by atoms with Crippen molar-refractivity contribution in [3.05, 3.63) is 23.7 Å². The molecule has 1 atom stereocenters. The van der Waals surface area contributed by atoms with Crippen LogP contribution in [0.5, 0.6) is 0 Å². The fourth-order valence-electron chi connectivity index (χ4n) is 2.33. The highest BCUT2D eigenvalue weighted by molar-refractivity contribution is 5.80. The summed E-state index contributed by atoms with van der Waals surface area (Å²) in [4.78, 5) is 24.7. The first-order valence-corrected chi connectivity index (χ1v) is 6.85. The molecule has 2 rings (SSSR count). The van der Waals surface area contributed by atoms with Crippen LogP contribution < -0.4 is 16.0 Å². The molecule has 0 radical (unpaired) electrons. The van der Waals surface area contributed by atoms with E-state index in [0.717, 1.165) is 18.7 Å². The predicted octanol–water partition coefficient (Wildman–Crippen LogP) is 0.0499. The van der Waals surface area contributed by atoms with Crippen molar-refractivity contribution in [3.8, 4) is 0 Å². The van der Waals surface area contributed by atoms with Gasteiger partial charge in [0, 0.05) is 24.0 Å². The van der Waals surface area contributed by atoms with E-state index in [1.165, 1.54) is 0 Å². The Morgan fingerprint density at radius 2 is 2.35 bits per heavy atom. The first kappa shape index (κ1) is 14.6. The number of hydrogen-bond acceptors (Lipinski definition) is 4. The van der Waals surface area contributed by atoms with Crippen molar-refractivity contribution in [2.75, 3.05) is 13.1 Å². The van der Waals surface area contributed by atoms with Gasteiger partial charge in [0.15, 0.2) is 0 Å². The largest absolute Gasteiger partial charge is 0.381 e. The second-order valence-electron chi connectivity index (χ2n) is 5.88. The molecule has 20 heavy (non-hydrogen) atoms. The number of carbonyl (C=O) groups is 2. The Labute approximate surface area is 119 Å². The van der Waals surface area contributed by atoms with Crippen LogP contribution in [-0.4, -0.2) is 41.9 Å². The quantitative estimate of drug-likeness (QED) is 0.621. The number of nitrogens with one attached hydrogen (secondary N) is 3. The van der Waals surface area contributed by atoms with Crippen LogP contribution in [-0.2, 0) is 9.59 Å². The molecule has 2 amide bonds. The summed E-state index contributed by atoms with van der Waals surface area (Å²) in [6.45, 7) is 7.56. The molecule has 1 fully saturated rings. The summed E-state index contributed by atoms with van der Waals surface area (Å²) in [5.74, 6) is -0.0397. The molecule has 2 aliphatic rings. The second-order valence-corrected chi connectivity index (χ2v) is 5.88. The van der Waals surface area contributed by atoms with E-state index >= 15 is 0 Å². The summed E-state index contributed by atoms with van der Waals surface area (Å²) >= 11 is 0. The number of dihydropyridines is 1. The van der Waals surface area contributed by atoms with Gasteiger partial charge in [-0.2, -0.15) is 0 Å². The second kappa shape index (κ2) is 5.66. The van der Waals surface area contributed by atoms with Gasteiger partial charge in [-0.1, -0.05) is 0 Å². The fourth-order valence-corrected chi connectivity index (χ4v) is 2.33. The van der Waals surface area contributed by atoms with Crippen LogP contribution in [0.4, 0.5) is 0 Å². The Balaban J connectivity index is 1.90. The maximum Gasteiger partial charge on any atom is 0.238 e. The molecular formula is C14H22N4O2. The van der Waals surface area contributed by atoms with Crippen LogP contribution in [0.1, 0.15) is 27.2 Å². The smallest absolute Gasteiger partial charge is 0.238 e. The molecule has 6 heteroatoms. The van der Waals surface area contributed by atoms with Crippen molar-refractivity contribution in [1.82, 2.24) is 20.9 Å². The van der Waals surface area contributed by atoms with E-state index in [1.807, 2.05) is 6.92 Å². The van der Waals surface area contributed by atoms with Gasteiger partial charge in [0.05, 0.1) is 18.3 Å². The number of carbonyl (C=O) groups excluding carboxylic acids is 2. The van der Waals surface area contributed by atoms with Gasteiger partial charge < -0.3 is 16.0 Å². The zero-order chi connectivity index (χ0) is 14.8. The van der Waals surface area contributed by atoms with Crippen molar-refractivity contribution in [2.45, 2.75) is 38.8 Å². The Morgan fingerprint density at radius 3 is 2.90 bits per heavy atom. The molecule has 110 valence electrons.